The van der Waals surface area contributed by atoms with Gasteiger partial charge in [-0.15, -0.1) is 0 Å². The summed E-state index contributed by atoms with van der Waals surface area (Å²) in [6, 6.07) is 16.8. The molecule has 1 aromatic heterocycles. The number of nitrogens with zero attached hydrogens (tertiary/aromatic N) is 1. The molecule has 3 aromatic rings. The highest BCUT2D eigenvalue weighted by atomic mass is 16.5. The summed E-state index contributed by atoms with van der Waals surface area (Å²) in [5, 5.41) is 0.825. The second kappa shape index (κ2) is 5.63. The van der Waals surface area contributed by atoms with E-state index in [9.17, 15) is 4.79 Å². The van der Waals surface area contributed by atoms with Crippen LogP contribution in [0.5, 0.6) is 11.5 Å². The van der Waals surface area contributed by atoms with Crippen molar-refractivity contribution in [2.24, 2.45) is 0 Å². The van der Waals surface area contributed by atoms with Crippen LogP contribution in [0.15, 0.2) is 60.8 Å². The molecule has 0 N–H and O–H groups in total. The largest absolute Gasteiger partial charge is 0.465 e. The van der Waals surface area contributed by atoms with E-state index in [4.69, 9.17) is 9.47 Å². The number of carbonyl (C=O) groups excluding carboxylic acids is 1. The van der Waals surface area contributed by atoms with Crippen molar-refractivity contribution in [2.45, 2.75) is 0 Å². The molecule has 0 amide bonds. The van der Waals surface area contributed by atoms with Crippen LogP contribution in [-0.4, -0.2) is 18.1 Å². The van der Waals surface area contributed by atoms with Gasteiger partial charge in [0.25, 0.3) is 0 Å². The minimum absolute atomic E-state index is 0.404. The molecule has 0 aliphatic rings. The Morgan fingerprint density at radius 2 is 1.81 bits per heavy atom. The SMILES string of the molecule is COC(=O)c1cnc2ccc(Oc3ccccc3)cc2c1. The van der Waals surface area contributed by atoms with E-state index in [2.05, 4.69) is 4.98 Å². The van der Waals surface area contributed by atoms with Crippen LogP contribution >= 0.6 is 0 Å². The van der Waals surface area contributed by atoms with E-state index < -0.39 is 5.97 Å². The average molecular weight is 279 g/mol. The minimum atomic E-state index is -0.404. The number of hydrogen-bond acceptors (Lipinski definition) is 4. The maximum atomic E-state index is 11.5. The van der Waals surface area contributed by atoms with Crippen molar-refractivity contribution >= 4 is 16.9 Å². The van der Waals surface area contributed by atoms with Crippen molar-refractivity contribution < 1.29 is 14.3 Å². The molecule has 4 nitrogen and oxygen atoms in total. The molecule has 0 saturated heterocycles. The summed E-state index contributed by atoms with van der Waals surface area (Å²) in [7, 11) is 1.35. The Hall–Kier alpha value is -2.88. The van der Waals surface area contributed by atoms with Gasteiger partial charge < -0.3 is 9.47 Å². The summed E-state index contributed by atoms with van der Waals surface area (Å²) in [6.45, 7) is 0. The van der Waals surface area contributed by atoms with Crippen LogP contribution in [0.1, 0.15) is 10.4 Å². The lowest BCUT2D eigenvalue weighted by atomic mass is 10.1. The Labute approximate surface area is 122 Å². The molecule has 0 bridgehead atoms. The van der Waals surface area contributed by atoms with Gasteiger partial charge in [0.05, 0.1) is 18.2 Å². The lowest BCUT2D eigenvalue weighted by molar-refractivity contribution is 0.0600. The smallest absolute Gasteiger partial charge is 0.339 e. The number of para-hydroxylation sites is 1. The van der Waals surface area contributed by atoms with Crippen LogP contribution in [0.25, 0.3) is 10.9 Å². The summed E-state index contributed by atoms with van der Waals surface area (Å²) in [4.78, 5) is 15.8. The molecule has 3 rings (SSSR count). The normalized spacial score (nSPS) is 10.3. The number of aromatic nitrogens is 1. The lowest BCUT2D eigenvalue weighted by Gasteiger charge is -2.07. The Morgan fingerprint density at radius 1 is 1.00 bits per heavy atom. The lowest BCUT2D eigenvalue weighted by Crippen LogP contribution is -2.01. The van der Waals surface area contributed by atoms with Crippen LogP contribution in [0.2, 0.25) is 0 Å². The summed E-state index contributed by atoms with van der Waals surface area (Å²) in [6.07, 6.45) is 1.51. The average Bonchev–Trinajstić information content (AvgIpc) is 2.54. The molecule has 0 radical (unpaired) electrons. The Balaban J connectivity index is 1.96. The fourth-order valence-corrected chi connectivity index (χ4v) is 2.03. The second-order valence-corrected chi connectivity index (χ2v) is 4.49. The molecular formula is C17H13NO3. The highest BCUT2D eigenvalue weighted by Crippen LogP contribution is 2.25. The molecule has 4 heteroatoms. The third kappa shape index (κ3) is 2.84. The number of esters is 1. The molecule has 21 heavy (non-hydrogen) atoms. The van der Waals surface area contributed by atoms with Crippen molar-refractivity contribution in [1.29, 1.82) is 0 Å². The topological polar surface area (TPSA) is 48.4 Å². The van der Waals surface area contributed by atoms with Crippen molar-refractivity contribution in [1.82, 2.24) is 4.98 Å². The van der Waals surface area contributed by atoms with E-state index in [1.165, 1.54) is 13.3 Å². The molecule has 0 fully saturated rings. The third-order valence-electron chi connectivity index (χ3n) is 3.05. The summed E-state index contributed by atoms with van der Waals surface area (Å²) < 4.78 is 10.5. The molecule has 0 spiro atoms. The molecule has 1 heterocycles. The summed E-state index contributed by atoms with van der Waals surface area (Å²) >= 11 is 0. The first-order chi connectivity index (χ1) is 10.3. The molecule has 0 unspecified atom stereocenters. The van der Waals surface area contributed by atoms with Gasteiger partial charge in [0.2, 0.25) is 0 Å². The highest BCUT2D eigenvalue weighted by molar-refractivity contribution is 5.93. The van der Waals surface area contributed by atoms with Gasteiger partial charge in [-0.05, 0) is 36.4 Å². The van der Waals surface area contributed by atoms with Crippen molar-refractivity contribution in [2.75, 3.05) is 7.11 Å². The van der Waals surface area contributed by atoms with Gasteiger partial charge in [-0.2, -0.15) is 0 Å². The molecule has 0 aliphatic heterocycles. The molecule has 0 aliphatic carbocycles. The quantitative estimate of drug-likeness (QED) is 0.684. The Morgan fingerprint density at radius 3 is 2.57 bits per heavy atom. The zero-order valence-corrected chi connectivity index (χ0v) is 11.4. The maximum absolute atomic E-state index is 11.5. The van der Waals surface area contributed by atoms with Crippen molar-refractivity contribution in [3.8, 4) is 11.5 Å². The van der Waals surface area contributed by atoms with E-state index in [0.717, 1.165) is 16.7 Å². The molecular weight excluding hydrogens is 266 g/mol. The second-order valence-electron chi connectivity index (χ2n) is 4.49. The van der Waals surface area contributed by atoms with Crippen LogP contribution in [0, 0.1) is 0 Å². The number of methoxy groups -OCH3 is 1. The van der Waals surface area contributed by atoms with E-state index >= 15 is 0 Å². The van der Waals surface area contributed by atoms with Gasteiger partial charge >= 0.3 is 5.97 Å². The number of carbonyl (C=O) groups is 1. The van der Waals surface area contributed by atoms with Gasteiger partial charge in [-0.1, -0.05) is 18.2 Å². The maximum Gasteiger partial charge on any atom is 0.339 e. The Bertz CT molecular complexity index is 784. The summed E-state index contributed by atoms with van der Waals surface area (Å²) in [5.74, 6) is 1.05. The molecule has 2 aromatic carbocycles. The van der Waals surface area contributed by atoms with Crippen molar-refractivity contribution in [3.05, 3.63) is 66.4 Å². The van der Waals surface area contributed by atoms with Gasteiger partial charge in [0.1, 0.15) is 11.5 Å². The van der Waals surface area contributed by atoms with Gasteiger partial charge in [0, 0.05) is 11.6 Å². The first-order valence-corrected chi connectivity index (χ1v) is 6.47. The predicted octanol–water partition coefficient (Wildman–Crippen LogP) is 3.81. The van der Waals surface area contributed by atoms with Gasteiger partial charge in [0.15, 0.2) is 0 Å². The fourth-order valence-electron chi connectivity index (χ4n) is 2.03. The number of rotatable bonds is 3. The van der Waals surface area contributed by atoms with E-state index in [1.807, 2.05) is 48.5 Å². The van der Waals surface area contributed by atoms with E-state index in [1.54, 1.807) is 6.07 Å². The minimum Gasteiger partial charge on any atom is -0.465 e. The molecule has 0 saturated carbocycles. The highest BCUT2D eigenvalue weighted by Gasteiger charge is 2.07. The van der Waals surface area contributed by atoms with Crippen LogP contribution < -0.4 is 4.74 Å². The number of fused-ring (bicyclic) bond motifs is 1. The van der Waals surface area contributed by atoms with Crippen molar-refractivity contribution in [3.63, 3.8) is 0 Å². The van der Waals surface area contributed by atoms with Crippen LogP contribution in [0.4, 0.5) is 0 Å². The zero-order valence-electron chi connectivity index (χ0n) is 11.4. The number of hydrogen-bond donors (Lipinski definition) is 0. The predicted molar refractivity (Wildman–Crippen MR) is 79.6 cm³/mol. The Kier molecular flexibility index (Phi) is 3.51. The first kappa shape index (κ1) is 13.1. The van der Waals surface area contributed by atoms with E-state index in [0.29, 0.717) is 11.3 Å². The van der Waals surface area contributed by atoms with Gasteiger partial charge in [-0.25, -0.2) is 4.79 Å². The summed E-state index contributed by atoms with van der Waals surface area (Å²) in [5.41, 5.74) is 1.21. The van der Waals surface area contributed by atoms with Crippen LogP contribution in [-0.2, 0) is 4.74 Å². The standard InChI is InChI=1S/C17H13NO3/c1-20-17(19)13-9-12-10-15(7-8-16(12)18-11-13)21-14-5-3-2-4-6-14/h2-11H,1H3. The van der Waals surface area contributed by atoms with E-state index in [-0.39, 0.29) is 0 Å². The first-order valence-electron chi connectivity index (χ1n) is 6.47. The zero-order chi connectivity index (χ0) is 14.7. The van der Waals surface area contributed by atoms with Gasteiger partial charge in [-0.3, -0.25) is 4.98 Å². The fraction of sp³-hybridized carbons (Fsp3) is 0.0588. The number of benzene rings is 2. The molecule has 104 valence electrons. The monoisotopic (exact) mass is 279 g/mol. The molecule has 0 atom stereocenters. The third-order valence-corrected chi connectivity index (χ3v) is 3.05. The van der Waals surface area contributed by atoms with Crippen LogP contribution in [0.3, 0.4) is 0 Å². The number of pyridine rings is 1. The number of ether oxygens (including phenoxy) is 2.